The molecule has 0 aliphatic heterocycles. The second-order valence-electron chi connectivity index (χ2n) is 8.09. The number of rotatable bonds is 2. The molecule has 2 aromatic heterocycles. The van der Waals surface area contributed by atoms with Crippen LogP contribution in [-0.4, -0.2) is 19.7 Å². The molecule has 2 aromatic carbocycles. The maximum absolute atomic E-state index is 14.2. The fourth-order valence-corrected chi connectivity index (χ4v) is 3.79. The highest BCUT2D eigenvalue weighted by Gasteiger charge is 2.28. The van der Waals surface area contributed by atoms with Gasteiger partial charge in [0, 0.05) is 12.5 Å². The number of hydrogen-bond acceptors (Lipinski definition) is 3. The predicted molar refractivity (Wildman–Crippen MR) is 112 cm³/mol. The Hall–Kier alpha value is -3.24. The molecule has 152 valence electrons. The number of aryl methyl sites for hydroxylation is 1. The number of nitrogens with zero attached hydrogens (tertiary/aromatic N) is 4. The average molecular weight is 426 g/mol. The lowest BCUT2D eigenvalue weighted by atomic mass is 9.89. The quantitative estimate of drug-likeness (QED) is 0.445. The van der Waals surface area contributed by atoms with Gasteiger partial charge in [-0.2, -0.15) is 10.4 Å². The first-order valence-corrected chi connectivity index (χ1v) is 9.61. The molecular formula is C22H18ClF2N5. The zero-order chi connectivity index (χ0) is 21.8. The first kappa shape index (κ1) is 20.0. The molecule has 4 aromatic rings. The van der Waals surface area contributed by atoms with E-state index >= 15 is 0 Å². The van der Waals surface area contributed by atoms with E-state index in [1.807, 2.05) is 20.8 Å². The number of imidazole rings is 1. The molecule has 0 saturated heterocycles. The lowest BCUT2D eigenvalue weighted by Crippen LogP contribution is -2.14. The van der Waals surface area contributed by atoms with Gasteiger partial charge in [-0.1, -0.05) is 38.4 Å². The Bertz CT molecular complexity index is 1320. The van der Waals surface area contributed by atoms with Crippen molar-refractivity contribution in [3.05, 3.63) is 58.2 Å². The monoisotopic (exact) mass is 425 g/mol. The molecule has 0 spiro atoms. The fraction of sp³-hybridized carbons (Fsp3) is 0.227. The van der Waals surface area contributed by atoms with E-state index in [0.717, 1.165) is 0 Å². The molecule has 0 amide bonds. The molecule has 5 nitrogen and oxygen atoms in total. The van der Waals surface area contributed by atoms with Crippen molar-refractivity contribution >= 4 is 22.6 Å². The van der Waals surface area contributed by atoms with Crippen molar-refractivity contribution in [3.8, 4) is 28.7 Å². The SMILES string of the molecule is Cn1nc(C(C)(C)C)c(C#N)c1-c1nc2c(Cl)cc(-c3c(F)cccc3F)cc2[nH]1. The first-order valence-electron chi connectivity index (χ1n) is 9.23. The lowest BCUT2D eigenvalue weighted by Gasteiger charge is -2.15. The standard InChI is InChI=1S/C22H18ClF2N5/c1-22(2,3)20-12(10-26)19(30(4)29-20)21-27-16-9-11(8-13(23)18(16)28-21)17-14(24)6-5-7-15(17)25/h5-9H,1-4H3,(H,27,28). The predicted octanol–water partition coefficient (Wildman–Crippen LogP) is 5.73. The molecule has 0 unspecified atom stereocenters. The number of H-pyrrole nitrogens is 1. The zero-order valence-electron chi connectivity index (χ0n) is 16.8. The Balaban J connectivity index is 1.94. The van der Waals surface area contributed by atoms with Gasteiger partial charge in [0.05, 0.1) is 21.8 Å². The Morgan fingerprint density at radius 2 is 1.83 bits per heavy atom. The van der Waals surface area contributed by atoms with Crippen molar-refractivity contribution in [1.82, 2.24) is 19.7 Å². The summed E-state index contributed by atoms with van der Waals surface area (Å²) >= 11 is 6.39. The van der Waals surface area contributed by atoms with Crippen LogP contribution >= 0.6 is 11.6 Å². The van der Waals surface area contributed by atoms with Crippen LogP contribution in [0.5, 0.6) is 0 Å². The van der Waals surface area contributed by atoms with Crippen LogP contribution in [-0.2, 0) is 12.5 Å². The van der Waals surface area contributed by atoms with Crippen molar-refractivity contribution in [2.24, 2.45) is 7.05 Å². The van der Waals surface area contributed by atoms with Gasteiger partial charge in [-0.3, -0.25) is 4.68 Å². The van der Waals surface area contributed by atoms with E-state index in [2.05, 4.69) is 21.1 Å². The van der Waals surface area contributed by atoms with E-state index in [-0.39, 0.29) is 16.0 Å². The molecule has 0 aliphatic carbocycles. The minimum absolute atomic E-state index is 0.161. The Morgan fingerprint density at radius 1 is 1.17 bits per heavy atom. The minimum atomic E-state index is -0.682. The Morgan fingerprint density at radius 3 is 2.43 bits per heavy atom. The number of nitriles is 1. The van der Waals surface area contributed by atoms with E-state index in [4.69, 9.17) is 11.6 Å². The minimum Gasteiger partial charge on any atom is -0.337 e. The van der Waals surface area contributed by atoms with Crippen molar-refractivity contribution in [2.75, 3.05) is 0 Å². The number of aromatic nitrogens is 4. The summed E-state index contributed by atoms with van der Waals surface area (Å²) in [5.74, 6) is -0.961. The second kappa shape index (κ2) is 6.92. The highest BCUT2D eigenvalue weighted by atomic mass is 35.5. The molecule has 0 atom stereocenters. The maximum atomic E-state index is 14.2. The van der Waals surface area contributed by atoms with Crippen LogP contribution in [0.15, 0.2) is 30.3 Å². The van der Waals surface area contributed by atoms with E-state index in [0.29, 0.717) is 39.4 Å². The number of benzene rings is 2. The van der Waals surface area contributed by atoms with E-state index in [9.17, 15) is 14.0 Å². The summed E-state index contributed by atoms with van der Waals surface area (Å²) in [7, 11) is 1.74. The van der Waals surface area contributed by atoms with Crippen molar-refractivity contribution in [3.63, 3.8) is 0 Å². The van der Waals surface area contributed by atoms with Crippen LogP contribution in [0.1, 0.15) is 32.0 Å². The average Bonchev–Trinajstić information content (AvgIpc) is 3.22. The smallest absolute Gasteiger partial charge is 0.158 e. The summed E-state index contributed by atoms with van der Waals surface area (Å²) in [6, 6.07) is 8.98. The number of halogens is 3. The van der Waals surface area contributed by atoms with Crippen LogP contribution < -0.4 is 0 Å². The molecule has 2 heterocycles. The Labute approximate surface area is 176 Å². The largest absolute Gasteiger partial charge is 0.337 e. The van der Waals surface area contributed by atoms with Crippen molar-refractivity contribution < 1.29 is 8.78 Å². The lowest BCUT2D eigenvalue weighted by molar-refractivity contribution is 0.552. The van der Waals surface area contributed by atoms with Gasteiger partial charge < -0.3 is 4.98 Å². The summed E-state index contributed by atoms with van der Waals surface area (Å²) in [5.41, 5.74) is 2.33. The third kappa shape index (κ3) is 3.14. The topological polar surface area (TPSA) is 70.3 Å². The third-order valence-corrected chi connectivity index (χ3v) is 5.17. The third-order valence-electron chi connectivity index (χ3n) is 4.89. The van der Waals surface area contributed by atoms with Gasteiger partial charge in [0.1, 0.15) is 34.5 Å². The van der Waals surface area contributed by atoms with Gasteiger partial charge in [-0.25, -0.2) is 13.8 Å². The van der Waals surface area contributed by atoms with Crippen LogP contribution in [0, 0.1) is 23.0 Å². The van der Waals surface area contributed by atoms with Gasteiger partial charge in [0.15, 0.2) is 5.82 Å². The molecule has 0 radical (unpaired) electrons. The van der Waals surface area contributed by atoms with Gasteiger partial charge in [0.25, 0.3) is 0 Å². The highest BCUT2D eigenvalue weighted by molar-refractivity contribution is 6.35. The zero-order valence-corrected chi connectivity index (χ0v) is 17.6. The summed E-state index contributed by atoms with van der Waals surface area (Å²) < 4.78 is 30.1. The number of fused-ring (bicyclic) bond motifs is 1. The summed E-state index contributed by atoms with van der Waals surface area (Å²) in [6.45, 7) is 5.93. The fourth-order valence-electron chi connectivity index (χ4n) is 3.53. The van der Waals surface area contributed by atoms with Crippen molar-refractivity contribution in [2.45, 2.75) is 26.2 Å². The van der Waals surface area contributed by atoms with Crippen LogP contribution in [0.25, 0.3) is 33.7 Å². The Kier molecular flexibility index (Phi) is 4.63. The second-order valence-corrected chi connectivity index (χ2v) is 8.50. The van der Waals surface area contributed by atoms with Gasteiger partial charge in [-0.05, 0) is 29.8 Å². The van der Waals surface area contributed by atoms with E-state index < -0.39 is 11.6 Å². The molecule has 30 heavy (non-hydrogen) atoms. The van der Waals surface area contributed by atoms with Gasteiger partial charge >= 0.3 is 0 Å². The molecule has 4 rings (SSSR count). The molecular weight excluding hydrogens is 408 g/mol. The van der Waals surface area contributed by atoms with Crippen LogP contribution in [0.4, 0.5) is 8.78 Å². The molecule has 0 bridgehead atoms. The van der Waals surface area contributed by atoms with Crippen LogP contribution in [0.3, 0.4) is 0 Å². The normalized spacial score (nSPS) is 11.8. The van der Waals surface area contributed by atoms with Gasteiger partial charge in [0.2, 0.25) is 0 Å². The maximum Gasteiger partial charge on any atom is 0.158 e. The first-order chi connectivity index (χ1) is 14.1. The molecule has 0 fully saturated rings. The van der Waals surface area contributed by atoms with Crippen LogP contribution in [0.2, 0.25) is 5.02 Å². The van der Waals surface area contributed by atoms with Gasteiger partial charge in [-0.15, -0.1) is 0 Å². The number of aromatic amines is 1. The number of nitrogens with one attached hydrogen (secondary N) is 1. The van der Waals surface area contributed by atoms with Crippen molar-refractivity contribution in [1.29, 1.82) is 5.26 Å². The number of hydrogen-bond donors (Lipinski definition) is 1. The molecule has 8 heteroatoms. The summed E-state index contributed by atoms with van der Waals surface area (Å²) in [4.78, 5) is 7.67. The van der Waals surface area contributed by atoms with E-state index in [1.165, 1.54) is 24.3 Å². The molecule has 0 saturated carbocycles. The molecule has 1 N–H and O–H groups in total. The highest BCUT2D eigenvalue weighted by Crippen LogP contribution is 2.36. The van der Waals surface area contributed by atoms with E-state index in [1.54, 1.807) is 17.8 Å². The summed E-state index contributed by atoms with van der Waals surface area (Å²) in [5, 5.41) is 14.5. The summed E-state index contributed by atoms with van der Waals surface area (Å²) in [6.07, 6.45) is 0. The molecule has 0 aliphatic rings.